The molecule has 1 aliphatic carbocycles. The van der Waals surface area contributed by atoms with Crippen LogP contribution in [0.3, 0.4) is 0 Å². The van der Waals surface area contributed by atoms with Crippen LogP contribution in [0.4, 0.5) is 0 Å². The van der Waals surface area contributed by atoms with Crippen molar-refractivity contribution in [3.05, 3.63) is 29.3 Å². The van der Waals surface area contributed by atoms with Crippen LogP contribution in [0.25, 0.3) is 0 Å². The fourth-order valence-electron chi connectivity index (χ4n) is 1.95. The van der Waals surface area contributed by atoms with Crippen molar-refractivity contribution in [1.29, 1.82) is 0 Å². The number of rotatable bonds is 3. The standard InChI is InChI=1S/C12H17NO/c1-8-4-3-5-10(14-2)11(8)12(13)9-6-7-9/h3-5,9,12H,6-7,13H2,1-2H3/t12-/m1/s1. The molecule has 1 aromatic rings. The monoisotopic (exact) mass is 191 g/mol. The van der Waals surface area contributed by atoms with Crippen LogP contribution in [0.2, 0.25) is 0 Å². The minimum Gasteiger partial charge on any atom is -0.496 e. The predicted molar refractivity (Wildman–Crippen MR) is 57.4 cm³/mol. The third-order valence-electron chi connectivity index (χ3n) is 2.97. The molecule has 0 spiro atoms. The summed E-state index contributed by atoms with van der Waals surface area (Å²) in [6, 6.07) is 6.26. The summed E-state index contributed by atoms with van der Waals surface area (Å²) in [6.07, 6.45) is 2.53. The molecule has 14 heavy (non-hydrogen) atoms. The Labute approximate surface area is 85.1 Å². The van der Waals surface area contributed by atoms with Gasteiger partial charge in [-0.3, -0.25) is 0 Å². The second-order valence-corrected chi connectivity index (χ2v) is 4.05. The zero-order valence-electron chi connectivity index (χ0n) is 8.79. The van der Waals surface area contributed by atoms with Crippen LogP contribution in [0, 0.1) is 12.8 Å². The van der Waals surface area contributed by atoms with Crippen LogP contribution in [-0.2, 0) is 0 Å². The summed E-state index contributed by atoms with van der Waals surface area (Å²) in [5.41, 5.74) is 8.63. The van der Waals surface area contributed by atoms with Crippen molar-refractivity contribution in [3.8, 4) is 5.75 Å². The van der Waals surface area contributed by atoms with Gasteiger partial charge in [-0.1, -0.05) is 12.1 Å². The third-order valence-corrected chi connectivity index (χ3v) is 2.97. The van der Waals surface area contributed by atoms with Crippen molar-refractivity contribution in [1.82, 2.24) is 0 Å². The SMILES string of the molecule is COc1cccc(C)c1[C@H](N)C1CC1. The lowest BCUT2D eigenvalue weighted by atomic mass is 9.97. The van der Waals surface area contributed by atoms with Gasteiger partial charge >= 0.3 is 0 Å². The number of hydrogen-bond acceptors (Lipinski definition) is 2. The highest BCUT2D eigenvalue weighted by Crippen LogP contribution is 2.43. The molecule has 2 nitrogen and oxygen atoms in total. The fraction of sp³-hybridized carbons (Fsp3) is 0.500. The lowest BCUT2D eigenvalue weighted by Crippen LogP contribution is -2.15. The van der Waals surface area contributed by atoms with E-state index in [4.69, 9.17) is 10.5 Å². The largest absolute Gasteiger partial charge is 0.496 e. The summed E-state index contributed by atoms with van der Waals surface area (Å²) < 4.78 is 5.35. The molecule has 2 N–H and O–H groups in total. The molecule has 0 aliphatic heterocycles. The van der Waals surface area contributed by atoms with E-state index in [0.717, 1.165) is 5.75 Å². The normalized spacial score (nSPS) is 17.9. The van der Waals surface area contributed by atoms with E-state index >= 15 is 0 Å². The van der Waals surface area contributed by atoms with E-state index in [-0.39, 0.29) is 6.04 Å². The van der Waals surface area contributed by atoms with Crippen LogP contribution < -0.4 is 10.5 Å². The maximum absolute atomic E-state index is 6.20. The van der Waals surface area contributed by atoms with Gasteiger partial charge in [-0.15, -0.1) is 0 Å². The van der Waals surface area contributed by atoms with Gasteiger partial charge in [0.15, 0.2) is 0 Å². The Bertz CT molecular complexity index is 331. The first-order valence-corrected chi connectivity index (χ1v) is 5.13. The zero-order chi connectivity index (χ0) is 10.1. The first-order chi connectivity index (χ1) is 6.74. The van der Waals surface area contributed by atoms with Crippen molar-refractivity contribution < 1.29 is 4.74 Å². The molecule has 1 aromatic carbocycles. The number of nitrogens with two attached hydrogens (primary N) is 1. The first kappa shape index (κ1) is 9.53. The van der Waals surface area contributed by atoms with E-state index in [1.807, 2.05) is 12.1 Å². The summed E-state index contributed by atoms with van der Waals surface area (Å²) in [5.74, 6) is 1.61. The molecule has 0 radical (unpaired) electrons. The van der Waals surface area contributed by atoms with Crippen molar-refractivity contribution in [2.24, 2.45) is 11.7 Å². The summed E-state index contributed by atoms with van der Waals surface area (Å²) in [4.78, 5) is 0. The summed E-state index contributed by atoms with van der Waals surface area (Å²) in [7, 11) is 1.71. The van der Waals surface area contributed by atoms with E-state index in [0.29, 0.717) is 5.92 Å². The highest BCUT2D eigenvalue weighted by molar-refractivity contribution is 5.42. The quantitative estimate of drug-likeness (QED) is 0.796. The number of hydrogen-bond donors (Lipinski definition) is 1. The molecule has 0 aromatic heterocycles. The average Bonchev–Trinajstić information content (AvgIpc) is 2.99. The molecular formula is C12H17NO. The number of benzene rings is 1. The molecule has 0 bridgehead atoms. The minimum atomic E-state index is 0.158. The van der Waals surface area contributed by atoms with Gasteiger partial charge in [-0.2, -0.15) is 0 Å². The fourth-order valence-corrected chi connectivity index (χ4v) is 1.95. The molecule has 0 amide bonds. The Balaban J connectivity index is 2.37. The molecular weight excluding hydrogens is 174 g/mol. The molecule has 1 aliphatic rings. The Morgan fingerprint density at radius 2 is 2.14 bits per heavy atom. The van der Waals surface area contributed by atoms with Crippen LogP contribution >= 0.6 is 0 Å². The van der Waals surface area contributed by atoms with Crippen LogP contribution in [0.5, 0.6) is 5.75 Å². The number of methoxy groups -OCH3 is 1. The van der Waals surface area contributed by atoms with Gasteiger partial charge in [-0.25, -0.2) is 0 Å². The summed E-state index contributed by atoms with van der Waals surface area (Å²) in [6.45, 7) is 2.10. The third kappa shape index (κ3) is 1.62. The van der Waals surface area contributed by atoms with Crippen LogP contribution in [0.15, 0.2) is 18.2 Å². The lowest BCUT2D eigenvalue weighted by molar-refractivity contribution is 0.402. The topological polar surface area (TPSA) is 35.2 Å². The Morgan fingerprint density at radius 3 is 2.71 bits per heavy atom. The van der Waals surface area contributed by atoms with Crippen molar-refractivity contribution in [2.45, 2.75) is 25.8 Å². The Hall–Kier alpha value is -1.02. The van der Waals surface area contributed by atoms with Gasteiger partial charge in [0.1, 0.15) is 5.75 Å². The smallest absolute Gasteiger partial charge is 0.123 e. The van der Waals surface area contributed by atoms with E-state index in [1.165, 1.54) is 24.0 Å². The van der Waals surface area contributed by atoms with E-state index in [1.54, 1.807) is 7.11 Å². The number of aryl methyl sites for hydroxylation is 1. The summed E-state index contributed by atoms with van der Waals surface area (Å²) in [5, 5.41) is 0. The first-order valence-electron chi connectivity index (χ1n) is 5.13. The van der Waals surface area contributed by atoms with Gasteiger partial charge in [-0.05, 0) is 37.3 Å². The van der Waals surface area contributed by atoms with Crippen molar-refractivity contribution in [3.63, 3.8) is 0 Å². The van der Waals surface area contributed by atoms with Gasteiger partial charge in [0.05, 0.1) is 7.11 Å². The molecule has 1 fully saturated rings. The Morgan fingerprint density at radius 1 is 1.43 bits per heavy atom. The van der Waals surface area contributed by atoms with Crippen LogP contribution in [0.1, 0.15) is 30.0 Å². The van der Waals surface area contributed by atoms with E-state index in [2.05, 4.69) is 13.0 Å². The molecule has 1 atom stereocenters. The summed E-state index contributed by atoms with van der Waals surface area (Å²) >= 11 is 0. The second kappa shape index (κ2) is 3.62. The maximum Gasteiger partial charge on any atom is 0.123 e. The van der Waals surface area contributed by atoms with Crippen LogP contribution in [-0.4, -0.2) is 7.11 Å². The minimum absolute atomic E-state index is 0.158. The van der Waals surface area contributed by atoms with Gasteiger partial charge in [0.2, 0.25) is 0 Å². The number of ether oxygens (including phenoxy) is 1. The van der Waals surface area contributed by atoms with Gasteiger partial charge in [0, 0.05) is 11.6 Å². The second-order valence-electron chi connectivity index (χ2n) is 4.05. The Kier molecular flexibility index (Phi) is 2.46. The molecule has 0 saturated heterocycles. The van der Waals surface area contributed by atoms with Gasteiger partial charge < -0.3 is 10.5 Å². The molecule has 2 rings (SSSR count). The maximum atomic E-state index is 6.20. The van der Waals surface area contributed by atoms with E-state index in [9.17, 15) is 0 Å². The van der Waals surface area contributed by atoms with Gasteiger partial charge in [0.25, 0.3) is 0 Å². The highest BCUT2D eigenvalue weighted by Gasteiger charge is 2.31. The molecule has 76 valence electrons. The average molecular weight is 191 g/mol. The van der Waals surface area contributed by atoms with E-state index < -0.39 is 0 Å². The highest BCUT2D eigenvalue weighted by atomic mass is 16.5. The van der Waals surface area contributed by atoms with Crippen molar-refractivity contribution >= 4 is 0 Å². The predicted octanol–water partition coefficient (Wildman–Crippen LogP) is 2.41. The van der Waals surface area contributed by atoms with Crippen molar-refractivity contribution in [2.75, 3.05) is 7.11 Å². The molecule has 0 heterocycles. The zero-order valence-corrected chi connectivity index (χ0v) is 8.79. The lowest BCUT2D eigenvalue weighted by Gasteiger charge is -2.17. The molecule has 2 heteroatoms. The molecule has 0 unspecified atom stereocenters. The molecule has 1 saturated carbocycles.